The van der Waals surface area contributed by atoms with Crippen LogP contribution in [0.5, 0.6) is 0 Å². The van der Waals surface area contributed by atoms with Crippen LogP contribution in [0.25, 0.3) is 0 Å². The highest BCUT2D eigenvalue weighted by molar-refractivity contribution is 9.09. The molecule has 1 aliphatic carbocycles. The van der Waals surface area contributed by atoms with Gasteiger partial charge >= 0.3 is 0 Å². The van der Waals surface area contributed by atoms with Gasteiger partial charge in [0.1, 0.15) is 0 Å². The number of hydrogen-bond acceptors (Lipinski definition) is 2. The fraction of sp³-hybridized carbons (Fsp3) is 0.583. The van der Waals surface area contributed by atoms with Gasteiger partial charge in [0.2, 0.25) is 0 Å². The zero-order chi connectivity index (χ0) is 11.4. The Morgan fingerprint density at radius 1 is 1.44 bits per heavy atom. The maximum absolute atomic E-state index is 12.0. The molecule has 0 radical (unpaired) electrons. The number of amides is 1. The van der Waals surface area contributed by atoms with Crippen LogP contribution < -0.4 is 5.32 Å². The Kier molecular flexibility index (Phi) is 4.03. The highest BCUT2D eigenvalue weighted by Gasteiger charge is 2.32. The third-order valence-corrected chi connectivity index (χ3v) is 5.13. The molecule has 88 valence electrons. The average Bonchev–Trinajstić information content (AvgIpc) is 2.84. The normalized spacial score (nSPS) is 19.3. The third-order valence-electron chi connectivity index (χ3n) is 3.19. The standard InChI is InChI=1S/C12H16BrNOS/c13-9-12(6-2-1-3-7-12)14-11(15)10-5-4-8-16-10/h4-5,8H,1-3,6-7,9H2,(H,14,15). The van der Waals surface area contributed by atoms with Crippen LogP contribution in [-0.4, -0.2) is 16.8 Å². The summed E-state index contributed by atoms with van der Waals surface area (Å²) in [7, 11) is 0. The second-order valence-electron chi connectivity index (χ2n) is 4.41. The molecule has 1 saturated carbocycles. The van der Waals surface area contributed by atoms with E-state index < -0.39 is 0 Å². The van der Waals surface area contributed by atoms with Gasteiger partial charge in [-0.25, -0.2) is 0 Å². The predicted octanol–water partition coefficient (Wildman–Crippen LogP) is 3.58. The Hall–Kier alpha value is -0.350. The largest absolute Gasteiger partial charge is 0.345 e. The molecule has 1 amide bonds. The van der Waals surface area contributed by atoms with Crippen LogP contribution >= 0.6 is 27.3 Å². The summed E-state index contributed by atoms with van der Waals surface area (Å²) in [5.74, 6) is 0.0800. The van der Waals surface area contributed by atoms with Crippen molar-refractivity contribution in [1.82, 2.24) is 5.32 Å². The maximum atomic E-state index is 12.0. The number of alkyl halides is 1. The van der Waals surface area contributed by atoms with Crippen molar-refractivity contribution in [2.45, 2.75) is 37.6 Å². The zero-order valence-corrected chi connectivity index (χ0v) is 11.6. The summed E-state index contributed by atoms with van der Waals surface area (Å²) in [5, 5.41) is 6.01. The van der Waals surface area contributed by atoms with E-state index in [4.69, 9.17) is 0 Å². The van der Waals surface area contributed by atoms with E-state index in [1.165, 1.54) is 30.6 Å². The van der Waals surface area contributed by atoms with E-state index in [1.807, 2.05) is 17.5 Å². The Labute approximate surface area is 109 Å². The van der Waals surface area contributed by atoms with Gasteiger partial charge in [-0.1, -0.05) is 41.3 Å². The summed E-state index contributed by atoms with van der Waals surface area (Å²) in [4.78, 5) is 12.8. The molecule has 1 heterocycles. The van der Waals surface area contributed by atoms with E-state index in [0.29, 0.717) is 0 Å². The van der Waals surface area contributed by atoms with Gasteiger partial charge in [0, 0.05) is 5.33 Å². The van der Waals surface area contributed by atoms with Gasteiger partial charge in [-0.05, 0) is 24.3 Å². The summed E-state index contributed by atoms with van der Waals surface area (Å²) in [6.45, 7) is 0. The SMILES string of the molecule is O=C(NC1(CBr)CCCCC1)c1cccs1. The fourth-order valence-corrected chi connectivity index (χ4v) is 3.55. The van der Waals surface area contributed by atoms with E-state index in [9.17, 15) is 4.79 Å². The van der Waals surface area contributed by atoms with Crippen LogP contribution in [0.3, 0.4) is 0 Å². The molecule has 1 aliphatic rings. The number of halogens is 1. The average molecular weight is 302 g/mol. The molecule has 0 saturated heterocycles. The van der Waals surface area contributed by atoms with Gasteiger partial charge in [0.05, 0.1) is 10.4 Å². The van der Waals surface area contributed by atoms with E-state index in [2.05, 4.69) is 21.2 Å². The lowest BCUT2D eigenvalue weighted by molar-refractivity contribution is 0.0890. The molecule has 16 heavy (non-hydrogen) atoms. The van der Waals surface area contributed by atoms with Crippen molar-refractivity contribution >= 4 is 33.2 Å². The smallest absolute Gasteiger partial charge is 0.261 e. The van der Waals surface area contributed by atoms with Crippen molar-refractivity contribution in [3.63, 3.8) is 0 Å². The zero-order valence-electron chi connectivity index (χ0n) is 9.17. The van der Waals surface area contributed by atoms with Crippen LogP contribution in [-0.2, 0) is 0 Å². The minimum Gasteiger partial charge on any atom is -0.345 e. The number of carbonyl (C=O) groups is 1. The van der Waals surface area contributed by atoms with Crippen molar-refractivity contribution in [2.24, 2.45) is 0 Å². The van der Waals surface area contributed by atoms with Crippen LogP contribution in [0.2, 0.25) is 0 Å². The number of thiophene rings is 1. The number of hydrogen-bond donors (Lipinski definition) is 1. The summed E-state index contributed by atoms with van der Waals surface area (Å²) in [5.41, 5.74) is -0.0146. The molecule has 0 atom stereocenters. The lowest BCUT2D eigenvalue weighted by atomic mass is 9.83. The molecular weight excluding hydrogens is 286 g/mol. The first-order valence-corrected chi connectivity index (χ1v) is 7.68. The van der Waals surface area contributed by atoms with E-state index in [1.54, 1.807) is 0 Å². The van der Waals surface area contributed by atoms with Gasteiger partial charge in [-0.2, -0.15) is 0 Å². The minimum absolute atomic E-state index is 0.0146. The molecule has 1 aromatic heterocycles. The third kappa shape index (κ3) is 2.66. The lowest BCUT2D eigenvalue weighted by Crippen LogP contribution is -2.51. The molecule has 0 bridgehead atoms. The molecule has 0 aliphatic heterocycles. The van der Waals surface area contributed by atoms with Crippen LogP contribution in [0, 0.1) is 0 Å². The summed E-state index contributed by atoms with van der Waals surface area (Å²) in [6.07, 6.45) is 5.92. The molecule has 2 rings (SSSR count). The fourth-order valence-electron chi connectivity index (χ4n) is 2.23. The van der Waals surface area contributed by atoms with Gasteiger partial charge < -0.3 is 5.32 Å². The molecule has 4 heteroatoms. The number of nitrogens with one attached hydrogen (secondary N) is 1. The van der Waals surface area contributed by atoms with Crippen molar-refractivity contribution in [3.05, 3.63) is 22.4 Å². The Bertz CT molecular complexity index is 344. The molecule has 0 aromatic carbocycles. The molecule has 1 aromatic rings. The van der Waals surface area contributed by atoms with Gasteiger partial charge in [0.15, 0.2) is 0 Å². The Morgan fingerprint density at radius 2 is 2.19 bits per heavy atom. The van der Waals surface area contributed by atoms with Crippen LogP contribution in [0.1, 0.15) is 41.8 Å². The first-order valence-electron chi connectivity index (χ1n) is 5.68. The van der Waals surface area contributed by atoms with E-state index in [-0.39, 0.29) is 11.4 Å². The molecule has 1 fully saturated rings. The minimum atomic E-state index is -0.0146. The van der Waals surface area contributed by atoms with E-state index in [0.717, 1.165) is 23.0 Å². The Balaban J connectivity index is 2.03. The predicted molar refractivity (Wildman–Crippen MR) is 71.4 cm³/mol. The second kappa shape index (κ2) is 5.32. The van der Waals surface area contributed by atoms with Crippen LogP contribution in [0.15, 0.2) is 17.5 Å². The summed E-state index contributed by atoms with van der Waals surface area (Å²) in [6, 6.07) is 3.80. The van der Waals surface area contributed by atoms with Gasteiger partial charge in [-0.3, -0.25) is 4.79 Å². The van der Waals surface area contributed by atoms with Crippen molar-refractivity contribution < 1.29 is 4.79 Å². The highest BCUT2D eigenvalue weighted by Crippen LogP contribution is 2.30. The highest BCUT2D eigenvalue weighted by atomic mass is 79.9. The van der Waals surface area contributed by atoms with Gasteiger partial charge in [0.25, 0.3) is 5.91 Å². The van der Waals surface area contributed by atoms with Crippen LogP contribution in [0.4, 0.5) is 0 Å². The number of rotatable bonds is 3. The summed E-state index contributed by atoms with van der Waals surface area (Å²) < 4.78 is 0. The topological polar surface area (TPSA) is 29.1 Å². The first-order chi connectivity index (χ1) is 7.76. The van der Waals surface area contributed by atoms with Crippen molar-refractivity contribution in [1.29, 1.82) is 0 Å². The molecule has 2 nitrogen and oxygen atoms in total. The van der Waals surface area contributed by atoms with E-state index >= 15 is 0 Å². The maximum Gasteiger partial charge on any atom is 0.261 e. The summed E-state index contributed by atoms with van der Waals surface area (Å²) >= 11 is 5.05. The quantitative estimate of drug-likeness (QED) is 0.850. The number of carbonyl (C=O) groups excluding carboxylic acids is 1. The van der Waals surface area contributed by atoms with Crippen molar-refractivity contribution in [2.75, 3.05) is 5.33 Å². The van der Waals surface area contributed by atoms with Gasteiger partial charge in [-0.15, -0.1) is 11.3 Å². The molecular formula is C12H16BrNOS. The first kappa shape index (κ1) is 12.1. The van der Waals surface area contributed by atoms with Crippen molar-refractivity contribution in [3.8, 4) is 0 Å². The molecule has 1 N–H and O–H groups in total. The Morgan fingerprint density at radius 3 is 2.75 bits per heavy atom. The monoisotopic (exact) mass is 301 g/mol. The second-order valence-corrected chi connectivity index (χ2v) is 5.91. The molecule has 0 spiro atoms. The molecule has 0 unspecified atom stereocenters. The lowest BCUT2D eigenvalue weighted by Gasteiger charge is -2.36.